The lowest BCUT2D eigenvalue weighted by Gasteiger charge is -2.27. The molecular formula is C11H20OSi. The molecule has 2 heteroatoms. The van der Waals surface area contributed by atoms with E-state index in [4.69, 9.17) is 5.11 Å². The SMILES string of the molecule is C=CC[Si](CC=C)(CC=C)CCO. The van der Waals surface area contributed by atoms with Crippen molar-refractivity contribution in [3.63, 3.8) is 0 Å². The lowest BCUT2D eigenvalue weighted by molar-refractivity contribution is 0.316. The smallest absolute Gasteiger partial charge is 0.0670 e. The van der Waals surface area contributed by atoms with Crippen LogP contribution in [0, 0.1) is 0 Å². The Morgan fingerprint density at radius 1 is 0.923 bits per heavy atom. The maximum Gasteiger partial charge on any atom is 0.0670 e. The van der Waals surface area contributed by atoms with Crippen LogP contribution in [0.4, 0.5) is 0 Å². The summed E-state index contributed by atoms with van der Waals surface area (Å²) in [5, 5.41) is 9.01. The number of hydrogen-bond donors (Lipinski definition) is 1. The summed E-state index contributed by atoms with van der Waals surface area (Å²) in [6, 6.07) is 4.07. The fourth-order valence-corrected chi connectivity index (χ4v) is 5.14. The number of allylic oxidation sites excluding steroid dienone is 3. The molecule has 0 aliphatic rings. The Hall–Kier alpha value is -0.603. The molecule has 74 valence electrons. The van der Waals surface area contributed by atoms with Gasteiger partial charge in [-0.3, -0.25) is 0 Å². The summed E-state index contributed by atoms with van der Waals surface area (Å²) in [5.41, 5.74) is 0. The van der Waals surface area contributed by atoms with Gasteiger partial charge in [-0.15, -0.1) is 19.7 Å². The van der Waals surface area contributed by atoms with Crippen LogP contribution in [0.15, 0.2) is 38.0 Å². The van der Waals surface area contributed by atoms with Crippen molar-refractivity contribution in [2.45, 2.75) is 24.2 Å². The molecule has 0 aromatic heterocycles. The second kappa shape index (κ2) is 6.86. The number of aliphatic hydroxyl groups is 1. The summed E-state index contributed by atoms with van der Waals surface area (Å²) in [4.78, 5) is 0. The molecule has 0 atom stereocenters. The van der Waals surface area contributed by atoms with E-state index in [1.807, 2.05) is 18.2 Å². The Balaban J connectivity index is 4.44. The van der Waals surface area contributed by atoms with E-state index in [0.717, 1.165) is 24.2 Å². The van der Waals surface area contributed by atoms with Crippen LogP contribution in [0.1, 0.15) is 0 Å². The first-order chi connectivity index (χ1) is 6.24. The Morgan fingerprint density at radius 3 is 1.54 bits per heavy atom. The fraction of sp³-hybridized carbons (Fsp3) is 0.455. The fourth-order valence-electron chi connectivity index (χ4n) is 1.71. The molecule has 0 aliphatic carbocycles. The molecule has 1 nitrogen and oxygen atoms in total. The molecule has 0 aromatic carbocycles. The van der Waals surface area contributed by atoms with E-state index in [2.05, 4.69) is 19.7 Å². The molecular weight excluding hydrogens is 176 g/mol. The predicted molar refractivity (Wildman–Crippen MR) is 62.7 cm³/mol. The molecule has 13 heavy (non-hydrogen) atoms. The average molecular weight is 196 g/mol. The number of aliphatic hydroxyl groups excluding tert-OH is 1. The third kappa shape index (κ3) is 4.25. The van der Waals surface area contributed by atoms with Crippen LogP contribution in [0.5, 0.6) is 0 Å². The summed E-state index contributed by atoms with van der Waals surface area (Å²) in [6.07, 6.45) is 5.90. The molecule has 0 rings (SSSR count). The highest BCUT2D eigenvalue weighted by atomic mass is 28.3. The van der Waals surface area contributed by atoms with Gasteiger partial charge in [0.2, 0.25) is 0 Å². The summed E-state index contributed by atoms with van der Waals surface area (Å²) < 4.78 is 0. The van der Waals surface area contributed by atoms with Gasteiger partial charge in [-0.1, -0.05) is 18.2 Å². The van der Waals surface area contributed by atoms with E-state index in [-0.39, 0.29) is 6.61 Å². The maximum atomic E-state index is 9.01. The highest BCUT2D eigenvalue weighted by molar-refractivity contribution is 6.81. The molecule has 0 heterocycles. The third-order valence-electron chi connectivity index (χ3n) is 2.37. The normalized spacial score (nSPS) is 10.8. The lowest BCUT2D eigenvalue weighted by atomic mass is 10.7. The van der Waals surface area contributed by atoms with Crippen molar-refractivity contribution in [1.82, 2.24) is 0 Å². The highest BCUT2D eigenvalue weighted by Crippen LogP contribution is 2.26. The minimum atomic E-state index is -1.40. The van der Waals surface area contributed by atoms with Crippen LogP contribution in [0.25, 0.3) is 0 Å². The summed E-state index contributed by atoms with van der Waals surface area (Å²) >= 11 is 0. The quantitative estimate of drug-likeness (QED) is 0.467. The van der Waals surface area contributed by atoms with E-state index >= 15 is 0 Å². The standard InChI is InChI=1S/C11H20OSi/c1-4-8-13(9-5-2,10-6-3)11-7-12/h4-6,12H,1-3,7-11H2. The van der Waals surface area contributed by atoms with Crippen LogP contribution in [0.2, 0.25) is 24.2 Å². The van der Waals surface area contributed by atoms with Gasteiger partial charge >= 0.3 is 0 Å². The van der Waals surface area contributed by atoms with E-state index < -0.39 is 8.07 Å². The first-order valence-corrected chi connectivity index (χ1v) is 7.51. The lowest BCUT2D eigenvalue weighted by Crippen LogP contribution is -2.32. The van der Waals surface area contributed by atoms with Gasteiger partial charge in [0.1, 0.15) is 0 Å². The van der Waals surface area contributed by atoms with Gasteiger partial charge < -0.3 is 5.11 Å². The Labute approximate surface area is 82.5 Å². The van der Waals surface area contributed by atoms with Crippen molar-refractivity contribution < 1.29 is 5.11 Å². The van der Waals surface area contributed by atoms with Crippen molar-refractivity contribution in [3.8, 4) is 0 Å². The van der Waals surface area contributed by atoms with Crippen molar-refractivity contribution >= 4 is 8.07 Å². The monoisotopic (exact) mass is 196 g/mol. The van der Waals surface area contributed by atoms with Gasteiger partial charge in [0, 0.05) is 6.61 Å². The van der Waals surface area contributed by atoms with Crippen molar-refractivity contribution in [1.29, 1.82) is 0 Å². The molecule has 0 saturated carbocycles. The van der Waals surface area contributed by atoms with Gasteiger partial charge in [0.05, 0.1) is 8.07 Å². The summed E-state index contributed by atoms with van der Waals surface area (Å²) in [5.74, 6) is 0. The predicted octanol–water partition coefficient (Wildman–Crippen LogP) is 2.99. The molecule has 0 radical (unpaired) electrons. The zero-order chi connectivity index (χ0) is 10.2. The Morgan fingerprint density at radius 2 is 1.31 bits per heavy atom. The van der Waals surface area contributed by atoms with E-state index in [0.29, 0.717) is 0 Å². The van der Waals surface area contributed by atoms with E-state index in [1.165, 1.54) is 0 Å². The van der Waals surface area contributed by atoms with Gasteiger partial charge in [-0.25, -0.2) is 0 Å². The second-order valence-electron chi connectivity index (χ2n) is 3.45. The maximum absolute atomic E-state index is 9.01. The molecule has 0 aliphatic heterocycles. The Kier molecular flexibility index (Phi) is 6.55. The first kappa shape index (κ1) is 12.4. The van der Waals surface area contributed by atoms with Gasteiger partial charge in [0.25, 0.3) is 0 Å². The van der Waals surface area contributed by atoms with Crippen LogP contribution in [0.3, 0.4) is 0 Å². The van der Waals surface area contributed by atoms with Crippen molar-refractivity contribution in [2.75, 3.05) is 6.61 Å². The minimum Gasteiger partial charge on any atom is -0.397 e. The largest absolute Gasteiger partial charge is 0.397 e. The molecule has 0 spiro atoms. The van der Waals surface area contributed by atoms with Gasteiger partial charge in [-0.05, 0) is 24.2 Å². The molecule has 0 saturated heterocycles. The van der Waals surface area contributed by atoms with Crippen LogP contribution < -0.4 is 0 Å². The van der Waals surface area contributed by atoms with E-state index in [9.17, 15) is 0 Å². The highest BCUT2D eigenvalue weighted by Gasteiger charge is 2.27. The van der Waals surface area contributed by atoms with Gasteiger partial charge in [-0.2, -0.15) is 0 Å². The zero-order valence-electron chi connectivity index (χ0n) is 8.34. The molecule has 0 bridgehead atoms. The minimum absolute atomic E-state index is 0.280. The summed E-state index contributed by atoms with van der Waals surface area (Å²) in [6.45, 7) is 11.6. The van der Waals surface area contributed by atoms with Crippen LogP contribution >= 0.6 is 0 Å². The zero-order valence-corrected chi connectivity index (χ0v) is 9.34. The number of rotatable bonds is 8. The average Bonchev–Trinajstić information content (AvgIpc) is 2.06. The van der Waals surface area contributed by atoms with E-state index in [1.54, 1.807) is 0 Å². The van der Waals surface area contributed by atoms with Crippen molar-refractivity contribution in [2.24, 2.45) is 0 Å². The molecule has 0 amide bonds. The third-order valence-corrected chi connectivity index (χ3v) is 7.12. The van der Waals surface area contributed by atoms with Crippen molar-refractivity contribution in [3.05, 3.63) is 38.0 Å². The number of hydrogen-bond acceptors (Lipinski definition) is 1. The topological polar surface area (TPSA) is 20.2 Å². The first-order valence-electron chi connectivity index (χ1n) is 4.68. The second-order valence-corrected chi connectivity index (χ2v) is 8.18. The molecule has 1 N–H and O–H groups in total. The van der Waals surface area contributed by atoms with Crippen LogP contribution in [-0.2, 0) is 0 Å². The van der Waals surface area contributed by atoms with Crippen LogP contribution in [-0.4, -0.2) is 19.8 Å². The Bertz CT molecular complexity index is 148. The summed E-state index contributed by atoms with van der Waals surface area (Å²) in [7, 11) is -1.40. The van der Waals surface area contributed by atoms with Gasteiger partial charge in [0.15, 0.2) is 0 Å². The molecule has 0 fully saturated rings. The molecule has 0 aromatic rings. The molecule has 0 unspecified atom stereocenters.